The van der Waals surface area contributed by atoms with Crippen LogP contribution in [0.3, 0.4) is 0 Å². The summed E-state index contributed by atoms with van der Waals surface area (Å²) < 4.78 is 2.35. The van der Waals surface area contributed by atoms with Crippen LogP contribution in [0, 0.1) is 0 Å². The summed E-state index contributed by atoms with van der Waals surface area (Å²) in [7, 11) is 0. The quantitative estimate of drug-likeness (QED) is 0.525. The van der Waals surface area contributed by atoms with E-state index in [4.69, 9.17) is 0 Å². The van der Waals surface area contributed by atoms with E-state index in [1.54, 1.807) is 0 Å². The molecule has 1 unspecified atom stereocenters. The highest BCUT2D eigenvalue weighted by atomic mass is 16.2. The summed E-state index contributed by atoms with van der Waals surface area (Å²) in [5.74, 6) is 0.0814. The summed E-state index contributed by atoms with van der Waals surface area (Å²) in [5, 5.41) is 6.07. The average Bonchev–Trinajstić information content (AvgIpc) is 3.06. The van der Waals surface area contributed by atoms with Gasteiger partial charge in [0.1, 0.15) is 6.17 Å². The van der Waals surface area contributed by atoms with Gasteiger partial charge in [-0.1, -0.05) is 36.4 Å². The molecule has 3 aromatic carbocycles. The van der Waals surface area contributed by atoms with E-state index in [1.807, 2.05) is 36.1 Å². The lowest BCUT2D eigenvalue weighted by Gasteiger charge is -2.37. The first-order valence-electron chi connectivity index (χ1n) is 9.90. The average molecular weight is 369 g/mol. The number of nitrogens with zero attached hydrogens (tertiary/aromatic N) is 2. The third-order valence-corrected chi connectivity index (χ3v) is 5.79. The third-order valence-electron chi connectivity index (χ3n) is 5.79. The van der Waals surface area contributed by atoms with Gasteiger partial charge in [0.15, 0.2) is 0 Å². The van der Waals surface area contributed by atoms with E-state index >= 15 is 0 Å². The number of rotatable bonds is 3. The van der Waals surface area contributed by atoms with Crippen molar-refractivity contribution in [1.29, 1.82) is 0 Å². The van der Waals surface area contributed by atoms with Gasteiger partial charge in [-0.2, -0.15) is 0 Å². The van der Waals surface area contributed by atoms with Crippen LogP contribution in [0.15, 0.2) is 66.7 Å². The molecule has 0 aliphatic carbocycles. The van der Waals surface area contributed by atoms with Crippen molar-refractivity contribution in [1.82, 2.24) is 9.47 Å². The summed E-state index contributed by atoms with van der Waals surface area (Å²) in [6.07, 6.45) is -0.166. The van der Waals surface area contributed by atoms with E-state index in [1.165, 1.54) is 21.8 Å². The monoisotopic (exact) mass is 369 g/mol. The highest BCUT2D eigenvalue weighted by Gasteiger charge is 2.31. The molecule has 1 N–H and O–H groups in total. The van der Waals surface area contributed by atoms with Crippen LogP contribution in [-0.4, -0.2) is 21.9 Å². The number of hydrogen-bond acceptors (Lipinski definition) is 2. The predicted octanol–water partition coefficient (Wildman–Crippen LogP) is 5.40. The van der Waals surface area contributed by atoms with Gasteiger partial charge in [0.25, 0.3) is 5.91 Å². The van der Waals surface area contributed by atoms with E-state index in [-0.39, 0.29) is 12.1 Å². The number of anilines is 1. The highest BCUT2D eigenvalue weighted by Crippen LogP contribution is 2.36. The Morgan fingerprint density at radius 3 is 2.43 bits per heavy atom. The van der Waals surface area contributed by atoms with Crippen LogP contribution in [0.5, 0.6) is 0 Å². The van der Waals surface area contributed by atoms with Gasteiger partial charge in [0.2, 0.25) is 0 Å². The Balaban J connectivity index is 1.69. The SMILES string of the molecule is CCN1C(=O)c2ccccc2NC1c1ccc2c(c1)c1ccccc1n2CC. The number of nitrogens with one attached hydrogen (secondary N) is 1. The van der Waals surface area contributed by atoms with Crippen molar-refractivity contribution >= 4 is 33.4 Å². The number of amides is 1. The number of fused-ring (bicyclic) bond motifs is 4. The van der Waals surface area contributed by atoms with Crippen LogP contribution in [0.2, 0.25) is 0 Å². The zero-order valence-electron chi connectivity index (χ0n) is 16.1. The smallest absolute Gasteiger partial charge is 0.257 e. The van der Waals surface area contributed by atoms with Crippen molar-refractivity contribution in [3.8, 4) is 0 Å². The molecule has 4 heteroatoms. The number of carbonyl (C=O) groups excluding carboxylic acids is 1. The number of carbonyl (C=O) groups is 1. The molecule has 0 radical (unpaired) electrons. The fraction of sp³-hybridized carbons (Fsp3) is 0.208. The van der Waals surface area contributed by atoms with Crippen LogP contribution in [0.4, 0.5) is 5.69 Å². The Morgan fingerprint density at radius 2 is 1.61 bits per heavy atom. The Bertz CT molecular complexity index is 1210. The van der Waals surface area contributed by atoms with Crippen LogP contribution in [-0.2, 0) is 6.54 Å². The van der Waals surface area contributed by atoms with Gasteiger partial charge in [-0.05, 0) is 49.7 Å². The molecule has 28 heavy (non-hydrogen) atoms. The number of hydrogen-bond donors (Lipinski definition) is 1. The molecule has 4 nitrogen and oxygen atoms in total. The van der Waals surface area contributed by atoms with Gasteiger partial charge in [-0.3, -0.25) is 4.79 Å². The predicted molar refractivity (Wildman–Crippen MR) is 115 cm³/mol. The fourth-order valence-electron chi connectivity index (χ4n) is 4.46. The van der Waals surface area contributed by atoms with Gasteiger partial charge in [0.05, 0.1) is 5.56 Å². The Morgan fingerprint density at radius 1 is 0.857 bits per heavy atom. The molecular formula is C24H23N3O. The zero-order valence-corrected chi connectivity index (χ0v) is 16.1. The molecule has 0 bridgehead atoms. The van der Waals surface area contributed by atoms with E-state index in [9.17, 15) is 4.79 Å². The standard InChI is InChI=1S/C24H23N3O/c1-3-26-21-12-8-6-9-17(21)19-15-16(13-14-22(19)26)23-25-20-11-7-5-10-18(20)24(28)27(23)4-2/h5-15,23,25H,3-4H2,1-2H3. The molecule has 1 aliphatic rings. The van der Waals surface area contributed by atoms with Gasteiger partial charge in [-0.25, -0.2) is 0 Å². The largest absolute Gasteiger partial charge is 0.361 e. The van der Waals surface area contributed by atoms with Crippen LogP contribution >= 0.6 is 0 Å². The van der Waals surface area contributed by atoms with Crippen LogP contribution < -0.4 is 5.32 Å². The first kappa shape index (κ1) is 16.9. The lowest BCUT2D eigenvalue weighted by molar-refractivity contribution is 0.0695. The van der Waals surface area contributed by atoms with Gasteiger partial charge < -0.3 is 14.8 Å². The van der Waals surface area contributed by atoms with Gasteiger partial charge in [-0.15, -0.1) is 0 Å². The van der Waals surface area contributed by atoms with Crippen LogP contribution in [0.25, 0.3) is 21.8 Å². The molecular weight excluding hydrogens is 346 g/mol. The Hall–Kier alpha value is -3.27. The van der Waals surface area contributed by atoms with Crippen LogP contribution in [0.1, 0.15) is 35.9 Å². The minimum atomic E-state index is -0.166. The Kier molecular flexibility index (Phi) is 3.86. The molecule has 0 saturated carbocycles. The third kappa shape index (κ3) is 2.34. The van der Waals surface area contributed by atoms with Gasteiger partial charge >= 0.3 is 0 Å². The van der Waals surface area contributed by atoms with Crippen molar-refractivity contribution < 1.29 is 4.79 Å². The molecule has 140 valence electrons. The summed E-state index contributed by atoms with van der Waals surface area (Å²) in [5.41, 5.74) is 5.24. The highest BCUT2D eigenvalue weighted by molar-refractivity contribution is 6.08. The number of aromatic nitrogens is 1. The Labute approximate surface area is 164 Å². The summed E-state index contributed by atoms with van der Waals surface area (Å²) in [6.45, 7) is 5.79. The zero-order chi connectivity index (χ0) is 19.3. The van der Waals surface area contributed by atoms with Crippen molar-refractivity contribution in [3.63, 3.8) is 0 Å². The maximum absolute atomic E-state index is 13.0. The molecule has 2 heterocycles. The summed E-state index contributed by atoms with van der Waals surface area (Å²) in [6, 6.07) is 22.9. The molecule has 4 aromatic rings. The molecule has 1 aliphatic heterocycles. The molecule has 0 spiro atoms. The van der Waals surface area contributed by atoms with E-state index < -0.39 is 0 Å². The molecule has 1 amide bonds. The second kappa shape index (κ2) is 6.41. The first-order chi connectivity index (χ1) is 13.7. The van der Waals surface area contributed by atoms with Crippen molar-refractivity contribution in [2.75, 3.05) is 11.9 Å². The molecule has 5 rings (SSSR count). The maximum atomic E-state index is 13.0. The lowest BCUT2D eigenvalue weighted by Crippen LogP contribution is -2.42. The van der Waals surface area contributed by atoms with E-state index in [0.29, 0.717) is 6.54 Å². The van der Waals surface area contributed by atoms with Gasteiger partial charge in [0, 0.05) is 40.6 Å². The van der Waals surface area contributed by atoms with Crippen molar-refractivity contribution in [2.45, 2.75) is 26.6 Å². The number of benzene rings is 3. The fourth-order valence-corrected chi connectivity index (χ4v) is 4.46. The van der Waals surface area contributed by atoms with E-state index in [2.05, 4.69) is 59.3 Å². The van der Waals surface area contributed by atoms with Crippen molar-refractivity contribution in [2.24, 2.45) is 0 Å². The molecule has 1 aromatic heterocycles. The van der Waals surface area contributed by atoms with Crippen molar-refractivity contribution in [3.05, 3.63) is 77.9 Å². The molecule has 0 saturated heterocycles. The second-order valence-electron chi connectivity index (χ2n) is 7.22. The normalized spacial score (nSPS) is 16.4. The maximum Gasteiger partial charge on any atom is 0.257 e. The minimum absolute atomic E-state index is 0.0814. The summed E-state index contributed by atoms with van der Waals surface area (Å²) >= 11 is 0. The first-order valence-corrected chi connectivity index (χ1v) is 9.90. The lowest BCUT2D eigenvalue weighted by atomic mass is 10.0. The molecule has 1 atom stereocenters. The minimum Gasteiger partial charge on any atom is -0.361 e. The number of para-hydroxylation sites is 2. The second-order valence-corrected chi connectivity index (χ2v) is 7.22. The summed E-state index contributed by atoms with van der Waals surface area (Å²) in [4.78, 5) is 14.9. The number of aryl methyl sites for hydroxylation is 1. The van der Waals surface area contributed by atoms with E-state index in [0.717, 1.165) is 23.4 Å². The molecule has 0 fully saturated rings. The topological polar surface area (TPSA) is 37.3 Å².